The summed E-state index contributed by atoms with van der Waals surface area (Å²) < 4.78 is 67.6. The van der Waals surface area contributed by atoms with Crippen molar-refractivity contribution in [3.8, 4) is 0 Å². The van der Waals surface area contributed by atoms with E-state index in [1.165, 1.54) is 12.1 Å². The first-order chi connectivity index (χ1) is 11.7. The van der Waals surface area contributed by atoms with Gasteiger partial charge in [0.05, 0.1) is 17.1 Å². The van der Waals surface area contributed by atoms with Crippen LogP contribution in [0.4, 0.5) is 30.2 Å². The van der Waals surface area contributed by atoms with Crippen LogP contribution in [-0.4, -0.2) is 25.9 Å². The van der Waals surface area contributed by atoms with E-state index in [0.29, 0.717) is 5.56 Å². The van der Waals surface area contributed by atoms with Gasteiger partial charge in [0.25, 0.3) is 0 Å². The van der Waals surface area contributed by atoms with Crippen molar-refractivity contribution in [1.82, 2.24) is 0 Å². The van der Waals surface area contributed by atoms with E-state index in [1.807, 2.05) is 0 Å². The number of sulfonamides is 1. The number of hydrogen-bond acceptors (Lipinski definition) is 4. The molecule has 0 saturated heterocycles. The van der Waals surface area contributed by atoms with Crippen LogP contribution in [0, 0.1) is 24.4 Å². The Morgan fingerprint density at radius 1 is 1.04 bits per heavy atom. The number of anilines is 3. The lowest BCUT2D eigenvalue weighted by Gasteiger charge is -2.16. The molecule has 2 aromatic rings. The molecule has 9 heteroatoms. The maximum absolute atomic E-state index is 14.2. The van der Waals surface area contributed by atoms with Crippen molar-refractivity contribution in [2.45, 2.75) is 13.3 Å². The molecule has 0 bridgehead atoms. The molecule has 0 spiro atoms. The molecule has 0 heterocycles. The number of aliphatic hydroxyl groups is 1. The maximum Gasteiger partial charge on any atom is 0.232 e. The average Bonchev–Trinajstić information content (AvgIpc) is 2.54. The topological polar surface area (TPSA) is 78.4 Å². The number of hydrogen-bond donors (Lipinski definition) is 3. The molecule has 0 aliphatic carbocycles. The van der Waals surface area contributed by atoms with Crippen LogP contribution in [0.1, 0.15) is 12.0 Å². The van der Waals surface area contributed by atoms with Gasteiger partial charge in [0.15, 0.2) is 11.6 Å². The van der Waals surface area contributed by atoms with E-state index >= 15 is 0 Å². The normalized spacial score (nSPS) is 11.4. The Labute approximate surface area is 143 Å². The lowest BCUT2D eigenvalue weighted by molar-refractivity contribution is 0.295. The first-order valence-electron chi connectivity index (χ1n) is 7.36. The van der Waals surface area contributed by atoms with Gasteiger partial charge >= 0.3 is 0 Å². The van der Waals surface area contributed by atoms with Crippen molar-refractivity contribution in [2.24, 2.45) is 0 Å². The summed E-state index contributed by atoms with van der Waals surface area (Å²) in [6.45, 7) is 1.33. The number of nitrogens with one attached hydrogen (secondary N) is 2. The Balaban J connectivity index is 2.40. The highest BCUT2D eigenvalue weighted by molar-refractivity contribution is 7.92. The largest absolute Gasteiger partial charge is 0.396 e. The van der Waals surface area contributed by atoms with Gasteiger partial charge in [0.2, 0.25) is 10.0 Å². The predicted molar refractivity (Wildman–Crippen MR) is 89.9 cm³/mol. The minimum absolute atomic E-state index is 0.0195. The van der Waals surface area contributed by atoms with E-state index in [0.717, 1.165) is 12.1 Å². The summed E-state index contributed by atoms with van der Waals surface area (Å²) in [5, 5.41) is 11.1. The molecule has 0 aliphatic heterocycles. The lowest BCUT2D eigenvalue weighted by atomic mass is 10.2. The smallest absolute Gasteiger partial charge is 0.232 e. The second-order valence-electron chi connectivity index (χ2n) is 5.39. The maximum atomic E-state index is 14.2. The van der Waals surface area contributed by atoms with Crippen LogP contribution in [-0.2, 0) is 10.0 Å². The Kier molecular flexibility index (Phi) is 5.91. The van der Waals surface area contributed by atoms with Crippen molar-refractivity contribution in [2.75, 3.05) is 22.4 Å². The summed E-state index contributed by atoms with van der Waals surface area (Å²) >= 11 is 0. The minimum atomic E-state index is -3.89. The summed E-state index contributed by atoms with van der Waals surface area (Å²) in [6.07, 6.45) is -0.0195. The van der Waals surface area contributed by atoms with Crippen LogP contribution in [0.25, 0.3) is 0 Å². The van der Waals surface area contributed by atoms with Crippen LogP contribution in [0.3, 0.4) is 0 Å². The van der Waals surface area contributed by atoms with Gasteiger partial charge in [-0.1, -0.05) is 6.07 Å². The highest BCUT2D eigenvalue weighted by Gasteiger charge is 2.19. The molecule has 2 rings (SSSR count). The Morgan fingerprint density at radius 3 is 2.36 bits per heavy atom. The first-order valence-corrected chi connectivity index (χ1v) is 9.01. The Hall–Kier alpha value is -2.26. The summed E-state index contributed by atoms with van der Waals surface area (Å²) in [5.41, 5.74) is -0.300. The van der Waals surface area contributed by atoms with E-state index in [4.69, 9.17) is 5.11 Å². The van der Waals surface area contributed by atoms with E-state index in [2.05, 4.69) is 10.0 Å². The quantitative estimate of drug-likeness (QED) is 0.695. The predicted octanol–water partition coefficient (Wildman–Crippen LogP) is 3.28. The van der Waals surface area contributed by atoms with E-state index < -0.39 is 38.9 Å². The molecule has 0 aliphatic rings. The highest BCUT2D eigenvalue weighted by Crippen LogP contribution is 2.32. The second kappa shape index (κ2) is 7.75. The monoisotopic (exact) mass is 374 g/mol. The first kappa shape index (κ1) is 19.1. The summed E-state index contributed by atoms with van der Waals surface area (Å²) in [6, 6.07) is 5.89. The van der Waals surface area contributed by atoms with Gasteiger partial charge in [-0.3, -0.25) is 4.72 Å². The molecule has 0 atom stereocenters. The summed E-state index contributed by atoms with van der Waals surface area (Å²) in [5.74, 6) is -3.66. The van der Waals surface area contributed by atoms with Gasteiger partial charge in [0.1, 0.15) is 11.5 Å². The van der Waals surface area contributed by atoms with Crippen LogP contribution >= 0.6 is 0 Å². The molecule has 0 radical (unpaired) electrons. The molecular formula is C16H17F3N2O3S. The summed E-state index contributed by atoms with van der Waals surface area (Å²) in [4.78, 5) is 0. The van der Waals surface area contributed by atoms with Gasteiger partial charge < -0.3 is 10.4 Å². The van der Waals surface area contributed by atoms with Crippen molar-refractivity contribution in [1.29, 1.82) is 0 Å². The Bertz CT molecular complexity index is 873. The number of benzene rings is 2. The number of halogens is 3. The van der Waals surface area contributed by atoms with Gasteiger partial charge in [-0.2, -0.15) is 0 Å². The fourth-order valence-electron chi connectivity index (χ4n) is 2.09. The fraction of sp³-hybridized carbons (Fsp3) is 0.250. The summed E-state index contributed by atoms with van der Waals surface area (Å²) in [7, 11) is -3.89. The van der Waals surface area contributed by atoms with Gasteiger partial charge in [0, 0.05) is 6.61 Å². The van der Waals surface area contributed by atoms with Gasteiger partial charge in [-0.25, -0.2) is 21.6 Å². The lowest BCUT2D eigenvalue weighted by Crippen LogP contribution is -2.18. The number of aliphatic hydroxyl groups excluding tert-OH is 1. The zero-order chi connectivity index (χ0) is 18.6. The molecule has 0 amide bonds. The van der Waals surface area contributed by atoms with Crippen LogP contribution < -0.4 is 10.0 Å². The average molecular weight is 374 g/mol. The number of rotatable bonds is 7. The van der Waals surface area contributed by atoms with Crippen molar-refractivity contribution >= 4 is 27.1 Å². The van der Waals surface area contributed by atoms with Crippen LogP contribution in [0.2, 0.25) is 0 Å². The third-order valence-electron chi connectivity index (χ3n) is 3.32. The molecule has 3 N–H and O–H groups in total. The van der Waals surface area contributed by atoms with E-state index in [1.54, 1.807) is 13.0 Å². The molecule has 25 heavy (non-hydrogen) atoms. The van der Waals surface area contributed by atoms with Gasteiger partial charge in [-0.05, 0) is 43.2 Å². The molecule has 2 aromatic carbocycles. The molecule has 0 unspecified atom stereocenters. The zero-order valence-electron chi connectivity index (χ0n) is 13.3. The van der Waals surface area contributed by atoms with E-state index in [-0.39, 0.29) is 24.4 Å². The molecule has 0 fully saturated rings. The minimum Gasteiger partial charge on any atom is -0.396 e. The van der Waals surface area contributed by atoms with E-state index in [9.17, 15) is 21.6 Å². The standard InChI is InChI=1S/C16H17F3N2O3S/c1-10-3-5-13(12(18)9-10)20-16-14(6-4-11(17)15(16)19)21-25(23,24)8-2-7-22/h3-6,9,20-22H,2,7-8H2,1H3. The number of aryl methyl sites for hydroxylation is 1. The highest BCUT2D eigenvalue weighted by atomic mass is 32.2. The molecule has 0 saturated carbocycles. The third-order valence-corrected chi connectivity index (χ3v) is 4.67. The SMILES string of the molecule is Cc1ccc(Nc2c(NS(=O)(=O)CCCO)ccc(F)c2F)c(F)c1. The fourth-order valence-corrected chi connectivity index (χ4v) is 3.20. The third kappa shape index (κ3) is 4.86. The molecule has 136 valence electrons. The molecule has 5 nitrogen and oxygen atoms in total. The zero-order valence-corrected chi connectivity index (χ0v) is 14.1. The Morgan fingerprint density at radius 2 is 1.72 bits per heavy atom. The van der Waals surface area contributed by atoms with Crippen molar-refractivity contribution < 1.29 is 26.7 Å². The van der Waals surface area contributed by atoms with Gasteiger partial charge in [-0.15, -0.1) is 0 Å². The molecular weight excluding hydrogens is 357 g/mol. The molecule has 0 aromatic heterocycles. The van der Waals surface area contributed by atoms with Crippen molar-refractivity contribution in [3.05, 3.63) is 53.3 Å². The van der Waals surface area contributed by atoms with Crippen LogP contribution in [0.5, 0.6) is 0 Å². The second-order valence-corrected chi connectivity index (χ2v) is 7.23. The van der Waals surface area contributed by atoms with Crippen molar-refractivity contribution in [3.63, 3.8) is 0 Å². The van der Waals surface area contributed by atoms with Crippen LogP contribution in [0.15, 0.2) is 30.3 Å².